The van der Waals surface area contributed by atoms with Gasteiger partial charge in [-0.15, -0.1) is 0 Å². The van der Waals surface area contributed by atoms with Crippen molar-refractivity contribution in [2.24, 2.45) is 5.73 Å². The molecule has 6 heteroatoms. The third-order valence-corrected chi connectivity index (χ3v) is 3.09. The molecule has 0 amide bonds. The smallest absolute Gasteiger partial charge is 0.326 e. The monoisotopic (exact) mass is 326 g/mol. The van der Waals surface area contributed by atoms with E-state index in [2.05, 4.69) is 0 Å². The van der Waals surface area contributed by atoms with Crippen LogP contribution in [0, 0.1) is 14.9 Å². The van der Waals surface area contributed by atoms with Crippen LogP contribution >= 0.6 is 22.6 Å². The molecule has 0 unspecified atom stereocenters. The number of alkyl halides is 3. The van der Waals surface area contributed by atoms with Crippen LogP contribution in [0.25, 0.3) is 0 Å². The highest BCUT2D eigenvalue weighted by Crippen LogP contribution is 2.32. The molecule has 0 atom stereocenters. The van der Waals surface area contributed by atoms with Gasteiger partial charge in [0.15, 0.2) is 0 Å². The van der Waals surface area contributed by atoms with Gasteiger partial charge in [-0.25, -0.2) is 0 Å². The van der Waals surface area contributed by atoms with Gasteiger partial charge in [0.25, 0.3) is 0 Å². The molecule has 0 radical (unpaired) electrons. The number of rotatable bonds is 1. The summed E-state index contributed by atoms with van der Waals surface area (Å²) < 4.78 is 37.7. The highest BCUT2D eigenvalue weighted by atomic mass is 127. The molecule has 0 spiro atoms. The van der Waals surface area contributed by atoms with Crippen LogP contribution in [0.2, 0.25) is 0 Å². The lowest BCUT2D eigenvalue weighted by Crippen LogP contribution is -2.09. The van der Waals surface area contributed by atoms with Crippen molar-refractivity contribution in [3.05, 3.63) is 32.4 Å². The Kier molecular flexibility index (Phi) is 3.57. The minimum atomic E-state index is -4.44. The summed E-state index contributed by atoms with van der Waals surface area (Å²) in [5, 5.41) is 8.67. The molecule has 0 aromatic heterocycles. The topological polar surface area (TPSA) is 49.8 Å². The lowest BCUT2D eigenvalue weighted by Gasteiger charge is -2.10. The quantitative estimate of drug-likeness (QED) is 0.807. The fourth-order valence-electron chi connectivity index (χ4n) is 1.08. The van der Waals surface area contributed by atoms with E-state index in [-0.39, 0.29) is 12.1 Å². The highest BCUT2D eigenvalue weighted by molar-refractivity contribution is 14.1. The molecule has 0 saturated carbocycles. The fourth-order valence-corrected chi connectivity index (χ4v) is 1.73. The Hall–Kier alpha value is -0.810. The summed E-state index contributed by atoms with van der Waals surface area (Å²) in [6, 6.07) is 3.53. The third kappa shape index (κ3) is 2.60. The summed E-state index contributed by atoms with van der Waals surface area (Å²) in [6.07, 6.45) is -4.44. The average Bonchev–Trinajstić information content (AvgIpc) is 2.16. The zero-order chi connectivity index (χ0) is 11.6. The second-order valence-electron chi connectivity index (χ2n) is 2.81. The van der Waals surface area contributed by atoms with E-state index < -0.39 is 11.7 Å². The van der Waals surface area contributed by atoms with Gasteiger partial charge in [-0.05, 0) is 40.3 Å². The SMILES string of the molecule is N#Cc1cc(C(F)(F)F)cc(CN)c1I. The number of nitrogens with zero attached hydrogens (tertiary/aromatic N) is 1. The zero-order valence-electron chi connectivity index (χ0n) is 7.40. The predicted molar refractivity (Wildman–Crippen MR) is 56.8 cm³/mol. The van der Waals surface area contributed by atoms with Crippen molar-refractivity contribution in [1.82, 2.24) is 0 Å². The van der Waals surface area contributed by atoms with E-state index in [9.17, 15) is 13.2 Å². The van der Waals surface area contributed by atoms with Crippen LogP contribution in [0.4, 0.5) is 13.2 Å². The molecule has 0 aliphatic carbocycles. The van der Waals surface area contributed by atoms with Crippen molar-refractivity contribution in [2.45, 2.75) is 12.7 Å². The van der Waals surface area contributed by atoms with E-state index in [1.807, 2.05) is 22.6 Å². The first-order valence-electron chi connectivity index (χ1n) is 3.90. The first-order valence-corrected chi connectivity index (χ1v) is 4.97. The summed E-state index contributed by atoms with van der Waals surface area (Å²) in [5.41, 5.74) is 4.81. The molecule has 80 valence electrons. The molecule has 2 N–H and O–H groups in total. The summed E-state index contributed by atoms with van der Waals surface area (Å²) in [4.78, 5) is 0. The Morgan fingerprint density at radius 3 is 2.40 bits per heavy atom. The first-order chi connectivity index (χ1) is 6.90. The second-order valence-corrected chi connectivity index (χ2v) is 3.89. The number of nitriles is 1. The molecule has 0 heterocycles. The van der Waals surface area contributed by atoms with Gasteiger partial charge in [0.1, 0.15) is 6.07 Å². The number of hydrogen-bond donors (Lipinski definition) is 1. The molecule has 0 aliphatic rings. The maximum Gasteiger partial charge on any atom is 0.416 e. The second kappa shape index (κ2) is 4.37. The molecule has 1 aromatic rings. The Morgan fingerprint density at radius 2 is 2.00 bits per heavy atom. The molecule has 1 rings (SSSR count). The van der Waals surface area contributed by atoms with Gasteiger partial charge in [0.2, 0.25) is 0 Å². The molecule has 15 heavy (non-hydrogen) atoms. The van der Waals surface area contributed by atoms with Crippen LogP contribution < -0.4 is 5.73 Å². The van der Waals surface area contributed by atoms with Gasteiger partial charge in [-0.3, -0.25) is 0 Å². The Labute approximate surface area is 98.0 Å². The standard InChI is InChI=1S/C9H6F3IN2/c10-9(11,12)7-1-5(3-14)8(13)6(2-7)4-15/h1-2H,3,14H2. The van der Waals surface area contributed by atoms with Gasteiger partial charge in [-0.2, -0.15) is 18.4 Å². The lowest BCUT2D eigenvalue weighted by atomic mass is 10.1. The van der Waals surface area contributed by atoms with Crippen LogP contribution in [-0.4, -0.2) is 0 Å². The predicted octanol–water partition coefficient (Wildman–Crippen LogP) is 2.64. The number of hydrogen-bond acceptors (Lipinski definition) is 2. The number of benzene rings is 1. The van der Waals surface area contributed by atoms with Crippen molar-refractivity contribution in [3.63, 3.8) is 0 Å². The maximum atomic E-state index is 12.4. The minimum Gasteiger partial charge on any atom is -0.326 e. The van der Waals surface area contributed by atoms with Crippen molar-refractivity contribution in [2.75, 3.05) is 0 Å². The van der Waals surface area contributed by atoms with Crippen LogP contribution in [0.5, 0.6) is 0 Å². The highest BCUT2D eigenvalue weighted by Gasteiger charge is 2.31. The molecule has 0 bridgehead atoms. The van der Waals surface area contributed by atoms with Gasteiger partial charge in [0, 0.05) is 10.1 Å². The Morgan fingerprint density at radius 1 is 1.40 bits per heavy atom. The number of halogens is 4. The molecule has 0 saturated heterocycles. The normalized spacial score (nSPS) is 11.2. The summed E-state index contributed by atoms with van der Waals surface area (Å²) in [5.74, 6) is 0. The average molecular weight is 326 g/mol. The summed E-state index contributed by atoms with van der Waals surface area (Å²) >= 11 is 1.82. The van der Waals surface area contributed by atoms with Crippen molar-refractivity contribution < 1.29 is 13.2 Å². The van der Waals surface area contributed by atoms with E-state index in [0.29, 0.717) is 9.13 Å². The third-order valence-electron chi connectivity index (χ3n) is 1.82. The van der Waals surface area contributed by atoms with Crippen molar-refractivity contribution >= 4 is 22.6 Å². The van der Waals surface area contributed by atoms with E-state index in [1.165, 1.54) is 0 Å². The van der Waals surface area contributed by atoms with Gasteiger partial charge >= 0.3 is 6.18 Å². The van der Waals surface area contributed by atoms with Crippen molar-refractivity contribution in [3.8, 4) is 6.07 Å². The summed E-state index contributed by atoms with van der Waals surface area (Å²) in [6.45, 7) is -0.0170. The van der Waals surface area contributed by atoms with Gasteiger partial charge in [0.05, 0.1) is 11.1 Å². The molecule has 1 aromatic carbocycles. The number of nitrogens with two attached hydrogens (primary N) is 1. The molecular formula is C9H6F3IN2. The van der Waals surface area contributed by atoms with E-state index in [0.717, 1.165) is 12.1 Å². The first kappa shape index (κ1) is 12.3. The molecule has 0 aliphatic heterocycles. The molecule has 2 nitrogen and oxygen atoms in total. The van der Waals surface area contributed by atoms with Gasteiger partial charge < -0.3 is 5.73 Å². The van der Waals surface area contributed by atoms with Crippen LogP contribution in [0.1, 0.15) is 16.7 Å². The Balaban J connectivity index is 3.42. The largest absolute Gasteiger partial charge is 0.416 e. The summed E-state index contributed by atoms with van der Waals surface area (Å²) in [7, 11) is 0. The van der Waals surface area contributed by atoms with Gasteiger partial charge in [-0.1, -0.05) is 0 Å². The van der Waals surface area contributed by atoms with Crippen LogP contribution in [0.15, 0.2) is 12.1 Å². The fraction of sp³-hybridized carbons (Fsp3) is 0.222. The van der Waals surface area contributed by atoms with E-state index in [4.69, 9.17) is 11.0 Å². The Bertz CT molecular complexity index is 421. The van der Waals surface area contributed by atoms with Crippen LogP contribution in [0.3, 0.4) is 0 Å². The van der Waals surface area contributed by atoms with Crippen molar-refractivity contribution in [1.29, 1.82) is 5.26 Å². The minimum absolute atomic E-state index is 0.00544. The maximum absolute atomic E-state index is 12.4. The zero-order valence-corrected chi connectivity index (χ0v) is 9.56. The molecule has 0 fully saturated rings. The lowest BCUT2D eigenvalue weighted by molar-refractivity contribution is -0.137. The van der Waals surface area contributed by atoms with E-state index in [1.54, 1.807) is 6.07 Å². The molecular weight excluding hydrogens is 320 g/mol. The van der Waals surface area contributed by atoms with Crippen LogP contribution in [-0.2, 0) is 12.7 Å². The van der Waals surface area contributed by atoms with E-state index >= 15 is 0 Å².